The summed E-state index contributed by atoms with van der Waals surface area (Å²) >= 11 is 0. The fraction of sp³-hybridized carbons (Fsp3) is 0.135. The maximum absolute atomic E-state index is 12.8. The predicted molar refractivity (Wildman–Crippen MR) is 189 cm³/mol. The smallest absolute Gasteiger partial charge is 0.287 e. The number of pyridine rings is 2. The lowest BCUT2D eigenvalue weighted by molar-refractivity contribution is 0.0979. The van der Waals surface area contributed by atoms with E-state index in [-0.39, 0.29) is 17.8 Å². The molecule has 0 aliphatic carbocycles. The van der Waals surface area contributed by atoms with E-state index in [9.17, 15) is 14.8 Å². The second-order valence-corrected chi connectivity index (χ2v) is 11.3. The number of hydrogen-bond donors (Lipinski definition) is 1. The van der Waals surface area contributed by atoms with Crippen LogP contribution in [0.4, 0.5) is 11.4 Å². The van der Waals surface area contributed by atoms with Gasteiger partial charge in [-0.2, -0.15) is 0 Å². The van der Waals surface area contributed by atoms with Crippen LogP contribution in [0.25, 0.3) is 22.1 Å². The molecule has 49 heavy (non-hydrogen) atoms. The molecule has 0 unspecified atom stereocenters. The largest absolute Gasteiger partial charge is 0.423 e. The van der Waals surface area contributed by atoms with Gasteiger partial charge < -0.3 is 19.8 Å². The van der Waals surface area contributed by atoms with E-state index in [1.807, 2.05) is 103 Å². The number of benzene rings is 3. The van der Waals surface area contributed by atoms with E-state index in [1.165, 1.54) is 23.5 Å². The fourth-order valence-corrected chi connectivity index (χ4v) is 5.41. The van der Waals surface area contributed by atoms with Crippen molar-refractivity contribution in [3.05, 3.63) is 166 Å². The summed E-state index contributed by atoms with van der Waals surface area (Å²) in [6, 6.07) is 32.7. The second kappa shape index (κ2) is 14.9. The summed E-state index contributed by atoms with van der Waals surface area (Å²) in [6.07, 6.45) is 6.02. The first-order valence-electron chi connectivity index (χ1n) is 15.5. The Morgan fingerprint density at radius 3 is 1.61 bits per heavy atom. The molecule has 0 saturated carbocycles. The first kappa shape index (κ1) is 32.4. The fourth-order valence-electron chi connectivity index (χ4n) is 5.41. The quantitative estimate of drug-likeness (QED) is 0.218. The van der Waals surface area contributed by atoms with Gasteiger partial charge >= 0.3 is 0 Å². The van der Waals surface area contributed by atoms with E-state index in [2.05, 4.69) is 32.1 Å². The molecule has 0 bridgehead atoms. The van der Waals surface area contributed by atoms with Gasteiger partial charge in [-0.1, -0.05) is 91.0 Å². The van der Waals surface area contributed by atoms with Crippen LogP contribution in [0.2, 0.25) is 0 Å². The van der Waals surface area contributed by atoms with Crippen LogP contribution in [0.5, 0.6) is 0 Å². The molecular formula is C37H34N8O4. The van der Waals surface area contributed by atoms with E-state index in [4.69, 9.17) is 4.84 Å². The third kappa shape index (κ3) is 7.54. The predicted octanol–water partition coefficient (Wildman–Crippen LogP) is 4.72. The van der Waals surface area contributed by atoms with Crippen LogP contribution in [-0.4, -0.2) is 48.7 Å². The molecule has 0 fully saturated rings. The highest BCUT2D eigenvalue weighted by molar-refractivity contribution is 5.89. The number of aromatic nitrogens is 6. The molecule has 0 saturated heterocycles. The van der Waals surface area contributed by atoms with Gasteiger partial charge in [0, 0.05) is 51.7 Å². The molecule has 12 heteroatoms. The lowest BCUT2D eigenvalue weighted by atomic mass is 10.2. The number of hydrogen-bond acceptors (Lipinski definition) is 10. The van der Waals surface area contributed by atoms with Gasteiger partial charge in [0.2, 0.25) is 0 Å². The summed E-state index contributed by atoms with van der Waals surface area (Å²) in [4.78, 5) is 50.7. The van der Waals surface area contributed by atoms with Gasteiger partial charge in [0.25, 0.3) is 11.1 Å². The monoisotopic (exact) mass is 654 g/mol. The minimum atomic E-state index is -0.517. The molecule has 1 N–H and O–H groups in total. The summed E-state index contributed by atoms with van der Waals surface area (Å²) < 4.78 is 1.78. The third-order valence-corrected chi connectivity index (χ3v) is 7.81. The molecule has 7 rings (SSSR count). The summed E-state index contributed by atoms with van der Waals surface area (Å²) in [5.41, 5.74) is 4.57. The molecule has 0 amide bonds. The van der Waals surface area contributed by atoms with Crippen molar-refractivity contribution in [1.82, 2.24) is 29.4 Å². The maximum Gasteiger partial charge on any atom is 0.287 e. The van der Waals surface area contributed by atoms with Crippen molar-refractivity contribution >= 4 is 33.4 Å². The summed E-state index contributed by atoms with van der Waals surface area (Å²) in [6.45, 7) is 1.58. The highest BCUT2D eigenvalue weighted by atomic mass is 16.7. The van der Waals surface area contributed by atoms with E-state index in [0.29, 0.717) is 34.5 Å². The molecule has 4 heterocycles. The molecule has 0 aliphatic heterocycles. The van der Waals surface area contributed by atoms with Crippen LogP contribution in [-0.2, 0) is 19.7 Å². The molecule has 4 aromatic heterocycles. The standard InChI is InChI=1S/C22H20N4O2.C15H14N4O2/c1-25(14-17-8-4-2-5-9-17)20-12-21(27)26(22-19(20)13-23-16-24-22)28-15-18-10-6-3-7-11-18;1-18(9-11-5-3-2-4-6-11)13-7-14(20)19(21)15-12(13)8-16-10-17-15/h2-13,16H,14-15H2,1H3;2-8,10,21H,9H2,1H3. The van der Waals surface area contributed by atoms with E-state index in [1.54, 1.807) is 18.5 Å². The number of nitrogens with zero attached hydrogens (tertiary/aromatic N) is 8. The van der Waals surface area contributed by atoms with Gasteiger partial charge in [-0.15, -0.1) is 9.46 Å². The molecule has 0 radical (unpaired) electrons. The average molecular weight is 655 g/mol. The molecule has 0 spiro atoms. The molecule has 3 aromatic carbocycles. The van der Waals surface area contributed by atoms with Gasteiger partial charge in [0.15, 0.2) is 11.3 Å². The van der Waals surface area contributed by atoms with Crippen LogP contribution >= 0.6 is 0 Å². The van der Waals surface area contributed by atoms with E-state index in [0.717, 1.165) is 27.8 Å². The number of fused-ring (bicyclic) bond motifs is 2. The van der Waals surface area contributed by atoms with Crippen LogP contribution in [0.1, 0.15) is 16.7 Å². The van der Waals surface area contributed by atoms with Crippen LogP contribution in [0.3, 0.4) is 0 Å². The maximum atomic E-state index is 12.8. The molecular weight excluding hydrogens is 620 g/mol. The van der Waals surface area contributed by atoms with Crippen LogP contribution in [0.15, 0.2) is 138 Å². The second-order valence-electron chi connectivity index (χ2n) is 11.3. The van der Waals surface area contributed by atoms with Crippen molar-refractivity contribution in [2.45, 2.75) is 19.7 Å². The van der Waals surface area contributed by atoms with E-state index < -0.39 is 5.56 Å². The van der Waals surface area contributed by atoms with E-state index >= 15 is 0 Å². The van der Waals surface area contributed by atoms with Crippen molar-refractivity contribution in [3.8, 4) is 0 Å². The zero-order valence-corrected chi connectivity index (χ0v) is 27.0. The zero-order valence-electron chi connectivity index (χ0n) is 27.0. The van der Waals surface area contributed by atoms with Crippen molar-refractivity contribution in [3.63, 3.8) is 0 Å². The van der Waals surface area contributed by atoms with Crippen molar-refractivity contribution < 1.29 is 10.0 Å². The summed E-state index contributed by atoms with van der Waals surface area (Å²) in [5, 5.41) is 11.1. The lowest BCUT2D eigenvalue weighted by Crippen LogP contribution is -2.29. The normalized spacial score (nSPS) is 10.7. The Labute approximate surface area is 281 Å². The molecule has 12 nitrogen and oxygen atoms in total. The Morgan fingerprint density at radius 1 is 0.633 bits per heavy atom. The number of rotatable bonds is 9. The number of anilines is 2. The lowest BCUT2D eigenvalue weighted by Gasteiger charge is -2.22. The van der Waals surface area contributed by atoms with Gasteiger partial charge in [0.1, 0.15) is 19.3 Å². The van der Waals surface area contributed by atoms with Gasteiger partial charge in [0.05, 0.1) is 22.1 Å². The Hall–Kier alpha value is -6.56. The van der Waals surface area contributed by atoms with Crippen LogP contribution in [0, 0.1) is 0 Å². The molecule has 0 aliphatic rings. The zero-order chi connectivity index (χ0) is 34.2. The Balaban J connectivity index is 0.000000177. The SMILES string of the molecule is CN(Cc1ccccc1)c1cc(=O)n(O)c2ncncc12.CN(Cc1ccccc1)c1cc(=O)n(OCc2ccccc2)c2ncncc12. The summed E-state index contributed by atoms with van der Waals surface area (Å²) in [7, 11) is 3.83. The highest BCUT2D eigenvalue weighted by Crippen LogP contribution is 2.24. The van der Waals surface area contributed by atoms with Gasteiger partial charge in [-0.25, -0.2) is 19.9 Å². The van der Waals surface area contributed by atoms with Gasteiger partial charge in [-0.3, -0.25) is 9.59 Å². The Bertz CT molecular complexity index is 2280. The summed E-state index contributed by atoms with van der Waals surface area (Å²) in [5.74, 6) is 0. The van der Waals surface area contributed by atoms with Crippen molar-refractivity contribution in [2.75, 3.05) is 23.9 Å². The first-order valence-corrected chi connectivity index (χ1v) is 15.5. The van der Waals surface area contributed by atoms with Crippen LogP contribution < -0.4 is 25.8 Å². The first-order chi connectivity index (χ1) is 23.9. The minimum absolute atomic E-state index is 0.201. The Kier molecular flexibility index (Phi) is 9.85. The molecule has 0 atom stereocenters. The molecule has 246 valence electrons. The average Bonchev–Trinajstić information content (AvgIpc) is 3.14. The third-order valence-electron chi connectivity index (χ3n) is 7.81. The van der Waals surface area contributed by atoms with Crippen molar-refractivity contribution in [1.29, 1.82) is 0 Å². The Morgan fingerprint density at radius 2 is 1.08 bits per heavy atom. The van der Waals surface area contributed by atoms with Crippen molar-refractivity contribution in [2.24, 2.45) is 0 Å². The van der Waals surface area contributed by atoms with Gasteiger partial charge in [-0.05, 0) is 16.7 Å². The topological polar surface area (TPSA) is 132 Å². The molecule has 7 aromatic rings. The highest BCUT2D eigenvalue weighted by Gasteiger charge is 2.15. The minimum Gasteiger partial charge on any atom is -0.423 e.